The number of hydrogen-bond acceptors (Lipinski definition) is 2. The summed E-state index contributed by atoms with van der Waals surface area (Å²) in [7, 11) is 0. The van der Waals surface area contributed by atoms with E-state index in [1.807, 2.05) is 18.7 Å². The number of nitrogens with zero attached hydrogens (tertiary/aromatic N) is 1. The van der Waals surface area contributed by atoms with Crippen molar-refractivity contribution < 1.29 is 14.3 Å². The lowest BCUT2D eigenvalue weighted by atomic mass is 10.1. The van der Waals surface area contributed by atoms with Gasteiger partial charge in [0.15, 0.2) is 0 Å². The number of carbonyl (C=O) groups is 1. The van der Waals surface area contributed by atoms with Gasteiger partial charge in [0, 0.05) is 13.1 Å². The molecule has 1 rings (SSSR count). The molecular formula is C13H16FNO2. The molecular weight excluding hydrogens is 221 g/mol. The highest BCUT2D eigenvalue weighted by atomic mass is 19.1. The molecule has 1 aromatic rings. The Hall–Kier alpha value is -1.84. The van der Waals surface area contributed by atoms with E-state index in [0.717, 1.165) is 11.6 Å². The molecule has 0 heterocycles. The Balaban J connectivity index is 3.18. The predicted octanol–water partition coefficient (Wildman–Crippen LogP) is 2.93. The van der Waals surface area contributed by atoms with Gasteiger partial charge in [-0.3, -0.25) is 0 Å². The van der Waals surface area contributed by atoms with E-state index < -0.39 is 11.8 Å². The van der Waals surface area contributed by atoms with Crippen molar-refractivity contribution in [1.82, 2.24) is 0 Å². The molecule has 3 nitrogen and oxygen atoms in total. The summed E-state index contributed by atoms with van der Waals surface area (Å²) >= 11 is 0. The van der Waals surface area contributed by atoms with Crippen molar-refractivity contribution in [2.75, 3.05) is 18.0 Å². The van der Waals surface area contributed by atoms with Gasteiger partial charge in [-0.05, 0) is 32.0 Å². The molecule has 0 bridgehead atoms. The molecule has 0 aromatic heterocycles. The highest BCUT2D eigenvalue weighted by Gasteiger charge is 2.15. The van der Waals surface area contributed by atoms with Gasteiger partial charge >= 0.3 is 5.97 Å². The average Bonchev–Trinajstić information content (AvgIpc) is 2.25. The SMILES string of the molecule is C=C(C)CN(CC)c1ccc(F)cc1C(=O)O. The van der Waals surface area contributed by atoms with E-state index in [0.29, 0.717) is 18.8 Å². The molecule has 0 unspecified atom stereocenters. The third-order valence-electron chi connectivity index (χ3n) is 2.37. The van der Waals surface area contributed by atoms with Gasteiger partial charge in [0.1, 0.15) is 5.82 Å². The monoisotopic (exact) mass is 237 g/mol. The number of hydrogen-bond donors (Lipinski definition) is 1. The van der Waals surface area contributed by atoms with Crippen LogP contribution in [0.5, 0.6) is 0 Å². The fourth-order valence-electron chi connectivity index (χ4n) is 1.65. The van der Waals surface area contributed by atoms with E-state index in [4.69, 9.17) is 5.11 Å². The van der Waals surface area contributed by atoms with Gasteiger partial charge in [0.25, 0.3) is 0 Å². The number of rotatable bonds is 5. The quantitative estimate of drug-likeness (QED) is 0.800. The third-order valence-corrected chi connectivity index (χ3v) is 2.37. The van der Waals surface area contributed by atoms with Crippen molar-refractivity contribution in [3.05, 3.63) is 41.7 Å². The van der Waals surface area contributed by atoms with Gasteiger partial charge in [-0.1, -0.05) is 12.2 Å². The molecule has 0 atom stereocenters. The zero-order valence-electron chi connectivity index (χ0n) is 10.0. The van der Waals surface area contributed by atoms with E-state index in [-0.39, 0.29) is 5.56 Å². The van der Waals surface area contributed by atoms with Crippen LogP contribution in [0.1, 0.15) is 24.2 Å². The summed E-state index contributed by atoms with van der Waals surface area (Å²) in [6.07, 6.45) is 0. The molecule has 0 saturated carbocycles. The van der Waals surface area contributed by atoms with Gasteiger partial charge in [0.05, 0.1) is 11.3 Å². The second-order valence-corrected chi connectivity index (χ2v) is 3.94. The maximum Gasteiger partial charge on any atom is 0.337 e. The Labute approximate surface area is 100 Å². The molecule has 0 saturated heterocycles. The lowest BCUT2D eigenvalue weighted by molar-refractivity contribution is 0.0697. The minimum Gasteiger partial charge on any atom is -0.478 e. The standard InChI is InChI=1S/C13H16FNO2/c1-4-15(8-9(2)3)12-6-5-10(14)7-11(12)13(16)17/h5-7H,2,4,8H2,1,3H3,(H,16,17). The second-order valence-electron chi connectivity index (χ2n) is 3.94. The first-order chi connectivity index (χ1) is 7.95. The molecule has 0 amide bonds. The molecule has 17 heavy (non-hydrogen) atoms. The van der Waals surface area contributed by atoms with E-state index in [1.165, 1.54) is 12.1 Å². The van der Waals surface area contributed by atoms with Crippen LogP contribution in [0.25, 0.3) is 0 Å². The van der Waals surface area contributed by atoms with Gasteiger partial charge in [0.2, 0.25) is 0 Å². The number of anilines is 1. The molecule has 0 radical (unpaired) electrons. The van der Waals surface area contributed by atoms with Crippen LogP contribution >= 0.6 is 0 Å². The van der Waals surface area contributed by atoms with Crippen molar-refractivity contribution in [1.29, 1.82) is 0 Å². The molecule has 1 aromatic carbocycles. The number of halogens is 1. The molecule has 0 aliphatic carbocycles. The minimum atomic E-state index is -1.13. The zero-order chi connectivity index (χ0) is 13.0. The van der Waals surface area contributed by atoms with Crippen LogP contribution in [0.2, 0.25) is 0 Å². The Bertz CT molecular complexity index is 443. The van der Waals surface area contributed by atoms with Crippen LogP contribution < -0.4 is 4.90 Å². The number of carboxylic acids is 1. The largest absolute Gasteiger partial charge is 0.478 e. The van der Waals surface area contributed by atoms with Crippen molar-refractivity contribution >= 4 is 11.7 Å². The Kier molecular flexibility index (Phi) is 4.26. The Morgan fingerprint density at radius 1 is 1.53 bits per heavy atom. The Morgan fingerprint density at radius 3 is 2.65 bits per heavy atom. The highest BCUT2D eigenvalue weighted by Crippen LogP contribution is 2.22. The fraction of sp³-hybridized carbons (Fsp3) is 0.308. The fourth-order valence-corrected chi connectivity index (χ4v) is 1.65. The summed E-state index contributed by atoms with van der Waals surface area (Å²) < 4.78 is 13.0. The van der Waals surface area contributed by atoms with Gasteiger partial charge in [-0.15, -0.1) is 0 Å². The number of benzene rings is 1. The summed E-state index contributed by atoms with van der Waals surface area (Å²) in [6.45, 7) is 8.78. The average molecular weight is 237 g/mol. The van der Waals surface area contributed by atoms with Crippen LogP contribution in [-0.2, 0) is 0 Å². The van der Waals surface area contributed by atoms with Gasteiger partial charge in [-0.2, -0.15) is 0 Å². The minimum absolute atomic E-state index is 0.0203. The van der Waals surface area contributed by atoms with Crippen LogP contribution in [-0.4, -0.2) is 24.2 Å². The lowest BCUT2D eigenvalue weighted by Crippen LogP contribution is -2.26. The first kappa shape index (κ1) is 13.2. The van der Waals surface area contributed by atoms with Crippen molar-refractivity contribution in [2.45, 2.75) is 13.8 Å². The molecule has 1 N–H and O–H groups in total. The third kappa shape index (κ3) is 3.31. The van der Waals surface area contributed by atoms with Crippen LogP contribution in [0.4, 0.5) is 10.1 Å². The van der Waals surface area contributed by atoms with Crippen molar-refractivity contribution in [2.24, 2.45) is 0 Å². The number of likely N-dealkylation sites (N-methyl/N-ethyl adjacent to an activating group) is 1. The maximum atomic E-state index is 13.0. The van der Waals surface area contributed by atoms with E-state index >= 15 is 0 Å². The molecule has 0 fully saturated rings. The number of carboxylic acid groups (broad SMARTS) is 1. The van der Waals surface area contributed by atoms with Crippen LogP contribution in [0.15, 0.2) is 30.4 Å². The zero-order valence-corrected chi connectivity index (χ0v) is 10.0. The number of aromatic carboxylic acids is 1. The molecule has 0 aliphatic rings. The first-order valence-corrected chi connectivity index (χ1v) is 5.38. The van der Waals surface area contributed by atoms with E-state index in [2.05, 4.69) is 6.58 Å². The maximum absolute atomic E-state index is 13.0. The van der Waals surface area contributed by atoms with Gasteiger partial charge < -0.3 is 10.0 Å². The first-order valence-electron chi connectivity index (χ1n) is 5.38. The summed E-state index contributed by atoms with van der Waals surface area (Å²) in [5.74, 6) is -1.67. The lowest BCUT2D eigenvalue weighted by Gasteiger charge is -2.24. The molecule has 0 spiro atoms. The second kappa shape index (κ2) is 5.48. The van der Waals surface area contributed by atoms with E-state index in [1.54, 1.807) is 0 Å². The van der Waals surface area contributed by atoms with Crippen LogP contribution in [0, 0.1) is 5.82 Å². The Morgan fingerprint density at radius 2 is 2.18 bits per heavy atom. The van der Waals surface area contributed by atoms with Crippen molar-refractivity contribution in [3.8, 4) is 0 Å². The summed E-state index contributed by atoms with van der Waals surface area (Å²) in [4.78, 5) is 12.9. The predicted molar refractivity (Wildman–Crippen MR) is 66.1 cm³/mol. The highest BCUT2D eigenvalue weighted by molar-refractivity contribution is 5.94. The van der Waals surface area contributed by atoms with Crippen LogP contribution in [0.3, 0.4) is 0 Å². The summed E-state index contributed by atoms with van der Waals surface area (Å²) in [5.41, 5.74) is 1.42. The molecule has 4 heteroatoms. The smallest absolute Gasteiger partial charge is 0.337 e. The summed E-state index contributed by atoms with van der Waals surface area (Å²) in [5, 5.41) is 9.05. The molecule has 0 aliphatic heterocycles. The normalized spacial score (nSPS) is 10.1. The van der Waals surface area contributed by atoms with Crippen molar-refractivity contribution in [3.63, 3.8) is 0 Å². The topological polar surface area (TPSA) is 40.5 Å². The summed E-state index contributed by atoms with van der Waals surface area (Å²) in [6, 6.07) is 3.80. The molecule has 92 valence electrons. The van der Waals surface area contributed by atoms with E-state index in [9.17, 15) is 9.18 Å². The van der Waals surface area contributed by atoms with Gasteiger partial charge in [-0.25, -0.2) is 9.18 Å².